The number of hydrogen-bond acceptors (Lipinski definition) is 3. The molecule has 0 aliphatic carbocycles. The molecule has 0 saturated heterocycles. The number of rotatable bonds is 22. The second kappa shape index (κ2) is 30.9. The molecule has 0 saturated carbocycles. The van der Waals surface area contributed by atoms with Gasteiger partial charge in [0.2, 0.25) is 0 Å². The summed E-state index contributed by atoms with van der Waals surface area (Å²) >= 11 is 0.149. The van der Waals surface area contributed by atoms with Gasteiger partial charge in [-0.15, -0.1) is 0 Å². The standard InChI is InChI=1S/C20H38O3.2C4H9.Sn/c1-3-5-7-9-10-11-12-14-16-18-20(22)23-19(21)17-15-13-8-6-4-2;2*1-3-4-2;/h3-18H2,1-2H3;2*1,3-4H2,2H3;. The number of carbonyl (C=O) groups excluding carboxylic acids is 2. The SMILES string of the molecule is CCCCCCCCCCCC(=O)OC(=O)CCCCCCC.CCC[CH2][Sn][CH2]CCC. The van der Waals surface area contributed by atoms with Crippen LogP contribution in [0.2, 0.25) is 8.87 Å². The summed E-state index contributed by atoms with van der Waals surface area (Å²) in [5.74, 6) is -0.686. The molecule has 190 valence electrons. The third-order valence-electron chi connectivity index (χ3n) is 5.61. The van der Waals surface area contributed by atoms with Crippen molar-refractivity contribution < 1.29 is 14.3 Å². The quantitative estimate of drug-likeness (QED) is 0.0574. The minimum absolute atomic E-state index is 0.149. The summed E-state index contributed by atoms with van der Waals surface area (Å²) in [4.78, 5) is 23.1. The Morgan fingerprint density at radius 1 is 0.469 bits per heavy atom. The molecule has 4 heteroatoms. The van der Waals surface area contributed by atoms with Crippen molar-refractivity contribution in [3.05, 3.63) is 0 Å². The van der Waals surface area contributed by atoms with Gasteiger partial charge in [0.15, 0.2) is 0 Å². The van der Waals surface area contributed by atoms with Crippen molar-refractivity contribution in [1.82, 2.24) is 0 Å². The van der Waals surface area contributed by atoms with Gasteiger partial charge >= 0.3 is 81.5 Å². The van der Waals surface area contributed by atoms with Crippen LogP contribution in [-0.2, 0) is 14.3 Å². The summed E-state index contributed by atoms with van der Waals surface area (Å²) in [6, 6.07) is 0. The van der Waals surface area contributed by atoms with Crippen molar-refractivity contribution in [2.45, 2.75) is 165 Å². The first-order chi connectivity index (χ1) is 15.6. The molecule has 0 aromatic carbocycles. The van der Waals surface area contributed by atoms with E-state index in [0.717, 1.165) is 32.1 Å². The van der Waals surface area contributed by atoms with Crippen LogP contribution >= 0.6 is 0 Å². The second-order valence-corrected chi connectivity index (χ2v) is 13.3. The van der Waals surface area contributed by atoms with E-state index in [0.29, 0.717) is 12.8 Å². The van der Waals surface area contributed by atoms with Gasteiger partial charge in [0.25, 0.3) is 0 Å². The summed E-state index contributed by atoms with van der Waals surface area (Å²) < 4.78 is 8.10. The van der Waals surface area contributed by atoms with Crippen molar-refractivity contribution in [2.75, 3.05) is 0 Å². The molecule has 0 aromatic rings. The van der Waals surface area contributed by atoms with Gasteiger partial charge in [-0.2, -0.15) is 0 Å². The third kappa shape index (κ3) is 32.1. The van der Waals surface area contributed by atoms with Crippen molar-refractivity contribution in [3.8, 4) is 0 Å². The molecule has 0 spiro atoms. The predicted octanol–water partition coefficient (Wildman–Crippen LogP) is 9.46. The maximum absolute atomic E-state index is 11.6. The summed E-state index contributed by atoms with van der Waals surface area (Å²) in [6.45, 7) is 8.98. The first kappa shape index (κ1) is 34.1. The number of hydrogen-bond donors (Lipinski definition) is 0. The molecule has 0 rings (SSSR count). The fourth-order valence-electron chi connectivity index (χ4n) is 3.41. The topological polar surface area (TPSA) is 43.4 Å². The number of unbranched alkanes of at least 4 members (excludes halogenated alkanes) is 14. The molecule has 2 radical (unpaired) electrons. The molecule has 0 aliphatic heterocycles. The summed E-state index contributed by atoms with van der Waals surface area (Å²) in [6.07, 6.45) is 23.1. The van der Waals surface area contributed by atoms with Crippen LogP contribution in [-0.4, -0.2) is 33.1 Å². The van der Waals surface area contributed by atoms with Gasteiger partial charge in [-0.1, -0.05) is 90.9 Å². The zero-order valence-corrected chi connectivity index (χ0v) is 25.1. The zero-order chi connectivity index (χ0) is 24.1. The van der Waals surface area contributed by atoms with Crippen LogP contribution in [0.25, 0.3) is 0 Å². The second-order valence-electron chi connectivity index (χ2n) is 9.05. The molecular weight excluding hydrogens is 503 g/mol. The fraction of sp³-hybridized carbons (Fsp3) is 0.929. The Balaban J connectivity index is 0. The first-order valence-electron chi connectivity index (χ1n) is 14.1. The van der Waals surface area contributed by atoms with E-state index < -0.39 is 0 Å². The maximum atomic E-state index is 11.6. The molecule has 0 bridgehead atoms. The van der Waals surface area contributed by atoms with E-state index in [9.17, 15) is 9.59 Å². The Labute approximate surface area is 211 Å². The molecule has 0 N–H and O–H groups in total. The van der Waals surface area contributed by atoms with E-state index in [4.69, 9.17) is 4.74 Å². The summed E-state index contributed by atoms with van der Waals surface area (Å²) in [5.41, 5.74) is 0. The molecule has 0 amide bonds. The van der Waals surface area contributed by atoms with Crippen molar-refractivity contribution in [1.29, 1.82) is 0 Å². The fourth-order valence-corrected chi connectivity index (χ4v) is 7.57. The molecule has 0 unspecified atom stereocenters. The molecule has 3 nitrogen and oxygen atoms in total. The number of esters is 2. The summed E-state index contributed by atoms with van der Waals surface area (Å²) in [5, 5.41) is 0. The van der Waals surface area contributed by atoms with Crippen LogP contribution in [0.5, 0.6) is 0 Å². The van der Waals surface area contributed by atoms with Gasteiger partial charge < -0.3 is 4.74 Å². The monoisotopic (exact) mass is 560 g/mol. The molecule has 0 heterocycles. The molecule has 0 fully saturated rings. The Kier molecular flexibility index (Phi) is 33.0. The van der Waals surface area contributed by atoms with Gasteiger partial charge in [0.05, 0.1) is 0 Å². The molecular formula is C28H56O3Sn. The Hall–Kier alpha value is -0.0613. The van der Waals surface area contributed by atoms with Crippen molar-refractivity contribution >= 4 is 33.1 Å². The van der Waals surface area contributed by atoms with Gasteiger partial charge in [-0.05, 0) is 12.8 Å². The van der Waals surface area contributed by atoms with Gasteiger partial charge in [-0.3, -0.25) is 9.59 Å². The summed E-state index contributed by atoms with van der Waals surface area (Å²) in [7, 11) is 0. The van der Waals surface area contributed by atoms with Gasteiger partial charge in [-0.25, -0.2) is 0 Å². The molecule has 0 aliphatic rings. The van der Waals surface area contributed by atoms with E-state index >= 15 is 0 Å². The van der Waals surface area contributed by atoms with E-state index in [1.54, 1.807) is 8.87 Å². The van der Waals surface area contributed by atoms with Crippen molar-refractivity contribution in [2.24, 2.45) is 0 Å². The Morgan fingerprint density at radius 2 is 0.781 bits per heavy atom. The average Bonchev–Trinajstić information content (AvgIpc) is 2.78. The minimum atomic E-state index is -0.345. The Morgan fingerprint density at radius 3 is 1.12 bits per heavy atom. The molecule has 32 heavy (non-hydrogen) atoms. The van der Waals surface area contributed by atoms with Crippen LogP contribution in [0.4, 0.5) is 0 Å². The van der Waals surface area contributed by atoms with Gasteiger partial charge in [0.1, 0.15) is 0 Å². The van der Waals surface area contributed by atoms with Crippen LogP contribution in [0.15, 0.2) is 0 Å². The normalized spacial score (nSPS) is 10.5. The van der Waals surface area contributed by atoms with E-state index in [1.807, 2.05) is 0 Å². The van der Waals surface area contributed by atoms with Crippen LogP contribution in [0, 0.1) is 0 Å². The van der Waals surface area contributed by atoms with E-state index in [2.05, 4.69) is 27.7 Å². The average molecular weight is 559 g/mol. The van der Waals surface area contributed by atoms with Crippen LogP contribution < -0.4 is 0 Å². The number of carbonyl (C=O) groups is 2. The zero-order valence-electron chi connectivity index (χ0n) is 22.3. The molecule has 0 aromatic heterocycles. The van der Waals surface area contributed by atoms with Gasteiger partial charge in [0, 0.05) is 12.8 Å². The van der Waals surface area contributed by atoms with E-state index in [-0.39, 0.29) is 33.1 Å². The van der Waals surface area contributed by atoms with Crippen molar-refractivity contribution in [3.63, 3.8) is 0 Å². The number of ether oxygens (including phenoxy) is 1. The van der Waals surface area contributed by atoms with E-state index in [1.165, 1.54) is 83.5 Å². The third-order valence-corrected chi connectivity index (χ3v) is 9.65. The van der Waals surface area contributed by atoms with Crippen LogP contribution in [0.1, 0.15) is 156 Å². The van der Waals surface area contributed by atoms with Crippen LogP contribution in [0.3, 0.4) is 0 Å². The first-order valence-corrected chi connectivity index (χ1v) is 18.1. The molecule has 0 atom stereocenters. The Bertz CT molecular complexity index is 379. The predicted molar refractivity (Wildman–Crippen MR) is 142 cm³/mol.